The number of hydrogen-bond donors (Lipinski definition) is 0. The first-order valence-corrected chi connectivity index (χ1v) is 9.68. The predicted octanol–water partition coefficient (Wildman–Crippen LogP) is 6.99. The first-order valence-electron chi connectivity index (χ1n) is 9.68. The zero-order valence-corrected chi connectivity index (χ0v) is 16.2. The molecule has 0 saturated heterocycles. The van der Waals surface area contributed by atoms with E-state index in [1.165, 1.54) is 24.0 Å². The summed E-state index contributed by atoms with van der Waals surface area (Å²) >= 11 is 0. The molecule has 0 N–H and O–H groups in total. The summed E-state index contributed by atoms with van der Waals surface area (Å²) in [6, 6.07) is 18.7. The van der Waals surface area contributed by atoms with E-state index in [9.17, 15) is 4.79 Å². The molecule has 0 spiro atoms. The molecule has 1 saturated carbocycles. The molecule has 0 heterocycles. The van der Waals surface area contributed by atoms with Crippen molar-refractivity contribution in [3.05, 3.63) is 71.3 Å². The van der Waals surface area contributed by atoms with E-state index in [0.717, 1.165) is 18.4 Å². The number of Topliss-reactive ketones (excluding diaryl/α,β-unsaturated/α-hetero) is 1. The van der Waals surface area contributed by atoms with Gasteiger partial charge in [-0.3, -0.25) is 4.79 Å². The molecule has 0 bridgehead atoms. The smallest absolute Gasteiger partial charge is 0.165 e. The van der Waals surface area contributed by atoms with E-state index in [2.05, 4.69) is 64.1 Å². The van der Waals surface area contributed by atoms with Crippen LogP contribution in [0.5, 0.6) is 0 Å². The van der Waals surface area contributed by atoms with Crippen LogP contribution < -0.4 is 0 Å². The normalized spacial score (nSPS) is 14.5. The van der Waals surface area contributed by atoms with Crippen molar-refractivity contribution >= 4 is 5.78 Å². The second-order valence-corrected chi connectivity index (χ2v) is 7.69. The van der Waals surface area contributed by atoms with Crippen LogP contribution in [-0.4, -0.2) is 5.78 Å². The Kier molecular flexibility index (Phi) is 7.43. The van der Waals surface area contributed by atoms with Gasteiger partial charge >= 0.3 is 0 Å². The minimum Gasteiger partial charge on any atom is -0.294 e. The highest BCUT2D eigenvalue weighted by Crippen LogP contribution is 2.28. The standard InChI is InChI=1S/C15H20O.C9H12/c1-11(2)12-7-9-14(10-8-12)15(16)13-5-3-4-6-13;1-8(2)9-6-4-3-5-7-9/h7-11,13H,3-6H2,1-2H3;3-8H,1-2H3. The zero-order valence-electron chi connectivity index (χ0n) is 16.2. The van der Waals surface area contributed by atoms with Crippen LogP contribution in [0.1, 0.15) is 86.7 Å². The fourth-order valence-electron chi connectivity index (χ4n) is 3.29. The molecule has 1 aliphatic carbocycles. The summed E-state index contributed by atoms with van der Waals surface area (Å²) < 4.78 is 0. The van der Waals surface area contributed by atoms with Gasteiger partial charge in [-0.25, -0.2) is 0 Å². The van der Waals surface area contributed by atoms with Gasteiger partial charge in [-0.1, -0.05) is 95.1 Å². The molecule has 0 aliphatic heterocycles. The van der Waals surface area contributed by atoms with Crippen molar-refractivity contribution in [3.63, 3.8) is 0 Å². The van der Waals surface area contributed by atoms with Gasteiger partial charge in [-0.2, -0.15) is 0 Å². The van der Waals surface area contributed by atoms with Crippen molar-refractivity contribution in [3.8, 4) is 0 Å². The summed E-state index contributed by atoms with van der Waals surface area (Å²) in [5, 5.41) is 0. The number of carbonyl (C=O) groups excluding carboxylic acids is 1. The van der Waals surface area contributed by atoms with Crippen molar-refractivity contribution in [1.82, 2.24) is 0 Å². The minimum absolute atomic E-state index is 0.296. The van der Waals surface area contributed by atoms with Gasteiger partial charge in [0.1, 0.15) is 0 Å². The molecule has 0 atom stereocenters. The van der Waals surface area contributed by atoms with Crippen LogP contribution in [0.3, 0.4) is 0 Å². The van der Waals surface area contributed by atoms with Crippen LogP contribution in [0.4, 0.5) is 0 Å². The van der Waals surface area contributed by atoms with Crippen LogP contribution in [0.25, 0.3) is 0 Å². The first-order chi connectivity index (χ1) is 12.0. The second kappa shape index (κ2) is 9.56. The number of benzene rings is 2. The SMILES string of the molecule is CC(C)c1ccc(C(=O)C2CCCC2)cc1.CC(C)c1ccccc1. The van der Waals surface area contributed by atoms with Gasteiger partial charge in [-0.15, -0.1) is 0 Å². The molecule has 134 valence electrons. The van der Waals surface area contributed by atoms with Gasteiger partial charge < -0.3 is 0 Å². The maximum absolute atomic E-state index is 12.1. The van der Waals surface area contributed by atoms with Crippen molar-refractivity contribution in [2.45, 2.75) is 65.2 Å². The topological polar surface area (TPSA) is 17.1 Å². The lowest BCUT2D eigenvalue weighted by Gasteiger charge is -2.09. The summed E-state index contributed by atoms with van der Waals surface area (Å²) in [5.41, 5.74) is 3.62. The third-order valence-corrected chi connectivity index (χ3v) is 5.05. The molecule has 0 amide bonds. The Hall–Kier alpha value is -1.89. The van der Waals surface area contributed by atoms with Gasteiger partial charge in [0.05, 0.1) is 0 Å². The lowest BCUT2D eigenvalue weighted by molar-refractivity contribution is 0.0923. The minimum atomic E-state index is 0.296. The third-order valence-electron chi connectivity index (χ3n) is 5.05. The molecule has 3 rings (SSSR count). The molecule has 1 aliphatic rings. The second-order valence-electron chi connectivity index (χ2n) is 7.69. The van der Waals surface area contributed by atoms with Crippen LogP contribution in [0.15, 0.2) is 54.6 Å². The Bertz CT molecular complexity index is 632. The van der Waals surface area contributed by atoms with Crippen LogP contribution in [-0.2, 0) is 0 Å². The zero-order chi connectivity index (χ0) is 18.2. The summed E-state index contributed by atoms with van der Waals surface area (Å²) in [7, 11) is 0. The van der Waals surface area contributed by atoms with E-state index >= 15 is 0 Å². The summed E-state index contributed by atoms with van der Waals surface area (Å²) in [6.45, 7) is 8.76. The molecule has 25 heavy (non-hydrogen) atoms. The molecule has 0 radical (unpaired) electrons. The highest BCUT2D eigenvalue weighted by atomic mass is 16.1. The maximum atomic E-state index is 12.1. The number of rotatable bonds is 4. The van der Waals surface area contributed by atoms with Gasteiger partial charge in [-0.05, 0) is 35.8 Å². The number of hydrogen-bond acceptors (Lipinski definition) is 1. The van der Waals surface area contributed by atoms with Gasteiger partial charge in [0.2, 0.25) is 0 Å². The molecule has 1 fully saturated rings. The monoisotopic (exact) mass is 336 g/mol. The highest BCUT2D eigenvalue weighted by molar-refractivity contribution is 5.98. The van der Waals surface area contributed by atoms with Crippen molar-refractivity contribution in [2.24, 2.45) is 5.92 Å². The summed E-state index contributed by atoms with van der Waals surface area (Å²) in [5.74, 6) is 1.85. The maximum Gasteiger partial charge on any atom is 0.165 e. The van der Waals surface area contributed by atoms with Crippen molar-refractivity contribution in [2.75, 3.05) is 0 Å². The molecule has 1 nitrogen and oxygen atoms in total. The van der Waals surface area contributed by atoms with Crippen LogP contribution >= 0.6 is 0 Å². The van der Waals surface area contributed by atoms with E-state index in [1.54, 1.807) is 0 Å². The van der Waals surface area contributed by atoms with Gasteiger partial charge in [0, 0.05) is 11.5 Å². The predicted molar refractivity (Wildman–Crippen MR) is 107 cm³/mol. The van der Waals surface area contributed by atoms with E-state index in [0.29, 0.717) is 23.5 Å². The molecule has 0 unspecified atom stereocenters. The molecule has 0 aromatic heterocycles. The molecular weight excluding hydrogens is 304 g/mol. The van der Waals surface area contributed by atoms with E-state index in [4.69, 9.17) is 0 Å². The fraction of sp³-hybridized carbons (Fsp3) is 0.458. The fourth-order valence-corrected chi connectivity index (χ4v) is 3.29. The Morgan fingerprint density at radius 3 is 1.68 bits per heavy atom. The first kappa shape index (κ1) is 19.4. The Balaban J connectivity index is 0.000000212. The lowest BCUT2D eigenvalue weighted by Crippen LogP contribution is -2.10. The summed E-state index contributed by atoms with van der Waals surface area (Å²) in [4.78, 5) is 12.1. The Morgan fingerprint density at radius 1 is 0.760 bits per heavy atom. The Morgan fingerprint density at radius 2 is 1.24 bits per heavy atom. The third kappa shape index (κ3) is 5.85. The molecule has 1 heteroatoms. The van der Waals surface area contributed by atoms with E-state index in [1.807, 2.05) is 18.2 Å². The number of carbonyl (C=O) groups is 1. The van der Waals surface area contributed by atoms with E-state index < -0.39 is 0 Å². The lowest BCUT2D eigenvalue weighted by atomic mass is 9.94. The van der Waals surface area contributed by atoms with Gasteiger partial charge in [0.15, 0.2) is 5.78 Å². The van der Waals surface area contributed by atoms with Gasteiger partial charge in [0.25, 0.3) is 0 Å². The quantitative estimate of drug-likeness (QED) is 0.550. The van der Waals surface area contributed by atoms with Crippen molar-refractivity contribution in [1.29, 1.82) is 0 Å². The highest BCUT2D eigenvalue weighted by Gasteiger charge is 2.23. The van der Waals surface area contributed by atoms with Crippen molar-refractivity contribution < 1.29 is 4.79 Å². The van der Waals surface area contributed by atoms with E-state index in [-0.39, 0.29) is 0 Å². The number of ketones is 1. The Labute approximate surface area is 153 Å². The molecular formula is C24H32O. The largest absolute Gasteiger partial charge is 0.294 e. The average molecular weight is 337 g/mol. The summed E-state index contributed by atoms with van der Waals surface area (Å²) in [6.07, 6.45) is 4.62. The molecule has 2 aromatic rings. The van der Waals surface area contributed by atoms with Crippen LogP contribution in [0, 0.1) is 5.92 Å². The molecule has 2 aromatic carbocycles. The average Bonchev–Trinajstić information content (AvgIpc) is 3.17. The van der Waals surface area contributed by atoms with Crippen LogP contribution in [0.2, 0.25) is 0 Å².